The molecule has 5 nitrogen and oxygen atoms in total. The van der Waals surface area contributed by atoms with Crippen LogP contribution in [0.1, 0.15) is 6.42 Å². The van der Waals surface area contributed by atoms with Crippen LogP contribution < -0.4 is 10.9 Å². The molecule has 2 rings (SSSR count). The van der Waals surface area contributed by atoms with E-state index in [9.17, 15) is 0 Å². The van der Waals surface area contributed by atoms with Gasteiger partial charge in [-0.1, -0.05) is 12.1 Å². The highest BCUT2D eigenvalue weighted by atomic mass is 16.4. The largest absolute Gasteiger partial charge is 0.423 e. The van der Waals surface area contributed by atoms with Gasteiger partial charge in [-0.3, -0.25) is 5.43 Å². The first-order chi connectivity index (χ1) is 7.40. The number of nitrogens with one attached hydrogen (secondary N) is 2. The van der Waals surface area contributed by atoms with Crippen LogP contribution in [0.25, 0.3) is 11.1 Å². The fourth-order valence-corrected chi connectivity index (χ4v) is 1.18. The van der Waals surface area contributed by atoms with Crippen molar-refractivity contribution in [1.29, 1.82) is 5.26 Å². The van der Waals surface area contributed by atoms with E-state index in [1.165, 1.54) is 0 Å². The van der Waals surface area contributed by atoms with Crippen molar-refractivity contribution in [2.45, 2.75) is 6.42 Å². The Labute approximate surface area is 86.7 Å². The third kappa shape index (κ3) is 2.24. The first kappa shape index (κ1) is 9.49. The van der Waals surface area contributed by atoms with Gasteiger partial charge in [0.15, 0.2) is 5.58 Å². The number of aromatic nitrogens is 1. The third-order valence-corrected chi connectivity index (χ3v) is 1.85. The van der Waals surface area contributed by atoms with Crippen LogP contribution in [0.3, 0.4) is 0 Å². The highest BCUT2D eigenvalue weighted by Crippen LogP contribution is 2.16. The maximum absolute atomic E-state index is 8.32. The summed E-state index contributed by atoms with van der Waals surface area (Å²) >= 11 is 0. The standard InChI is InChI=1S/C10H10N4O/c11-6-3-7-12-14-10-13-8-4-1-2-5-9(8)15-10/h1-2,4-5,12H,3,7H2,(H,13,14). The lowest BCUT2D eigenvalue weighted by molar-refractivity contribution is 0.598. The van der Waals surface area contributed by atoms with Crippen molar-refractivity contribution in [1.82, 2.24) is 10.4 Å². The first-order valence-corrected chi connectivity index (χ1v) is 4.61. The maximum Gasteiger partial charge on any atom is 0.310 e. The highest BCUT2D eigenvalue weighted by Gasteiger charge is 2.02. The number of hydrogen-bond donors (Lipinski definition) is 2. The van der Waals surface area contributed by atoms with Gasteiger partial charge < -0.3 is 4.42 Å². The average Bonchev–Trinajstić information content (AvgIpc) is 2.67. The Morgan fingerprint density at radius 3 is 3.07 bits per heavy atom. The molecule has 5 heteroatoms. The van der Waals surface area contributed by atoms with E-state index in [1.54, 1.807) is 0 Å². The molecule has 76 valence electrons. The molecule has 0 bridgehead atoms. The van der Waals surface area contributed by atoms with Crippen LogP contribution in [-0.4, -0.2) is 11.5 Å². The Kier molecular flexibility index (Phi) is 2.81. The second-order valence-electron chi connectivity index (χ2n) is 2.95. The monoisotopic (exact) mass is 202 g/mol. The van der Waals surface area contributed by atoms with Crippen molar-refractivity contribution in [2.75, 3.05) is 12.0 Å². The van der Waals surface area contributed by atoms with Gasteiger partial charge in [0.05, 0.1) is 6.07 Å². The van der Waals surface area contributed by atoms with E-state index < -0.39 is 0 Å². The van der Waals surface area contributed by atoms with Crippen molar-refractivity contribution in [2.24, 2.45) is 0 Å². The fraction of sp³-hybridized carbons (Fsp3) is 0.200. The topological polar surface area (TPSA) is 73.9 Å². The number of nitriles is 1. The number of oxazole rings is 1. The Hall–Kier alpha value is -2.06. The van der Waals surface area contributed by atoms with Crippen LogP contribution in [0.15, 0.2) is 28.7 Å². The Balaban J connectivity index is 2.00. The van der Waals surface area contributed by atoms with Crippen LogP contribution in [0.2, 0.25) is 0 Å². The second-order valence-corrected chi connectivity index (χ2v) is 2.95. The van der Waals surface area contributed by atoms with Gasteiger partial charge >= 0.3 is 6.01 Å². The minimum Gasteiger partial charge on any atom is -0.423 e. The van der Waals surface area contributed by atoms with Gasteiger partial charge in [-0.05, 0) is 12.1 Å². The fourth-order valence-electron chi connectivity index (χ4n) is 1.18. The zero-order chi connectivity index (χ0) is 10.5. The number of hydrazine groups is 1. The van der Waals surface area contributed by atoms with Crippen LogP contribution >= 0.6 is 0 Å². The van der Waals surface area contributed by atoms with Gasteiger partial charge in [-0.2, -0.15) is 10.2 Å². The molecule has 1 aromatic heterocycles. The van der Waals surface area contributed by atoms with Crippen molar-refractivity contribution in [3.63, 3.8) is 0 Å². The summed E-state index contributed by atoms with van der Waals surface area (Å²) in [7, 11) is 0. The number of rotatable bonds is 4. The minimum atomic E-state index is 0.411. The number of nitrogens with zero attached hydrogens (tertiary/aromatic N) is 2. The molecule has 0 aliphatic carbocycles. The van der Waals surface area contributed by atoms with Crippen LogP contribution in [-0.2, 0) is 0 Å². The van der Waals surface area contributed by atoms with E-state index in [0.717, 1.165) is 11.1 Å². The number of benzene rings is 1. The predicted octanol–water partition coefficient (Wildman–Crippen LogP) is 1.66. The van der Waals surface area contributed by atoms with E-state index in [0.29, 0.717) is 19.0 Å². The summed E-state index contributed by atoms with van der Waals surface area (Å²) in [5.41, 5.74) is 7.17. The molecule has 0 unspecified atom stereocenters. The van der Waals surface area contributed by atoms with E-state index in [4.69, 9.17) is 9.68 Å². The van der Waals surface area contributed by atoms with Crippen molar-refractivity contribution < 1.29 is 4.42 Å². The summed E-state index contributed by atoms with van der Waals surface area (Å²) in [6.45, 7) is 0.551. The number of anilines is 1. The normalized spacial score (nSPS) is 10.1. The minimum absolute atomic E-state index is 0.411. The predicted molar refractivity (Wildman–Crippen MR) is 55.9 cm³/mol. The van der Waals surface area contributed by atoms with Gasteiger partial charge in [0.2, 0.25) is 0 Å². The first-order valence-electron chi connectivity index (χ1n) is 4.61. The third-order valence-electron chi connectivity index (χ3n) is 1.85. The van der Waals surface area contributed by atoms with Crippen LogP contribution in [0, 0.1) is 11.3 Å². The summed E-state index contributed by atoms with van der Waals surface area (Å²) in [6, 6.07) is 9.95. The SMILES string of the molecule is N#CCCNNc1nc2ccccc2o1. The smallest absolute Gasteiger partial charge is 0.310 e. The van der Waals surface area contributed by atoms with Gasteiger partial charge in [0, 0.05) is 13.0 Å². The lowest BCUT2D eigenvalue weighted by Crippen LogP contribution is -2.22. The van der Waals surface area contributed by atoms with Gasteiger partial charge in [0.1, 0.15) is 5.52 Å². The van der Waals surface area contributed by atoms with E-state index >= 15 is 0 Å². The van der Waals surface area contributed by atoms with Gasteiger partial charge in [0.25, 0.3) is 0 Å². The Morgan fingerprint density at radius 2 is 2.27 bits per heavy atom. The summed E-state index contributed by atoms with van der Waals surface area (Å²) < 4.78 is 5.38. The number of fused-ring (bicyclic) bond motifs is 1. The zero-order valence-corrected chi connectivity index (χ0v) is 8.03. The van der Waals surface area contributed by atoms with E-state index in [2.05, 4.69) is 15.8 Å². The summed E-state index contributed by atoms with van der Waals surface area (Å²) in [5, 5.41) is 8.32. The molecule has 1 heterocycles. The number of para-hydroxylation sites is 2. The van der Waals surface area contributed by atoms with Crippen molar-refractivity contribution in [3.8, 4) is 6.07 Å². The molecule has 0 aliphatic rings. The molecular formula is C10H10N4O. The Bertz CT molecular complexity index is 452. The van der Waals surface area contributed by atoms with E-state index in [-0.39, 0.29) is 0 Å². The lowest BCUT2D eigenvalue weighted by Gasteiger charge is -1.99. The molecule has 0 atom stereocenters. The quantitative estimate of drug-likeness (QED) is 0.582. The number of hydrogen-bond acceptors (Lipinski definition) is 5. The van der Waals surface area contributed by atoms with Crippen LogP contribution in [0.4, 0.5) is 6.01 Å². The molecule has 0 saturated heterocycles. The van der Waals surface area contributed by atoms with Crippen molar-refractivity contribution >= 4 is 17.1 Å². The van der Waals surface area contributed by atoms with Crippen molar-refractivity contribution in [3.05, 3.63) is 24.3 Å². The highest BCUT2D eigenvalue weighted by molar-refractivity contribution is 5.73. The molecule has 0 fully saturated rings. The summed E-state index contributed by atoms with van der Waals surface area (Å²) in [4.78, 5) is 4.19. The molecule has 0 saturated carbocycles. The summed E-state index contributed by atoms with van der Waals surface area (Å²) in [6.07, 6.45) is 0.438. The molecule has 0 radical (unpaired) electrons. The molecule has 0 aliphatic heterocycles. The van der Waals surface area contributed by atoms with Gasteiger partial charge in [-0.25, -0.2) is 5.43 Å². The molecule has 1 aromatic carbocycles. The average molecular weight is 202 g/mol. The molecule has 2 N–H and O–H groups in total. The summed E-state index contributed by atoms with van der Waals surface area (Å²) in [5.74, 6) is 0. The van der Waals surface area contributed by atoms with Crippen LogP contribution in [0.5, 0.6) is 0 Å². The van der Waals surface area contributed by atoms with Gasteiger partial charge in [-0.15, -0.1) is 0 Å². The molecular weight excluding hydrogens is 192 g/mol. The second kappa shape index (κ2) is 4.44. The maximum atomic E-state index is 8.32. The molecule has 2 aromatic rings. The van der Waals surface area contributed by atoms with E-state index in [1.807, 2.05) is 30.3 Å². The zero-order valence-electron chi connectivity index (χ0n) is 8.03. The lowest BCUT2D eigenvalue weighted by atomic mass is 10.3. The molecule has 0 amide bonds. The Morgan fingerprint density at radius 1 is 1.40 bits per heavy atom. The molecule has 0 spiro atoms. The molecule has 15 heavy (non-hydrogen) atoms.